The Balaban J connectivity index is 3.09. The van der Waals surface area contributed by atoms with Crippen LogP contribution in [0.15, 0.2) is 10.7 Å². The van der Waals surface area contributed by atoms with Gasteiger partial charge in [-0.05, 0) is 15.9 Å². The van der Waals surface area contributed by atoms with Gasteiger partial charge in [-0.25, -0.2) is 0 Å². The van der Waals surface area contributed by atoms with Gasteiger partial charge in [0, 0.05) is 25.2 Å². The Morgan fingerprint density at radius 2 is 2.25 bits per heavy atom. The van der Waals surface area contributed by atoms with Crippen molar-refractivity contribution in [2.45, 2.75) is 19.3 Å². The summed E-state index contributed by atoms with van der Waals surface area (Å²) in [6.07, 6.45) is 1.94. The van der Waals surface area contributed by atoms with Crippen LogP contribution in [0.5, 0.6) is 0 Å². The molecule has 2 N–H and O–H groups in total. The SMILES string of the molecule is Cn1cc(Br)c(C(C)(C)CN)n1. The van der Waals surface area contributed by atoms with Crippen molar-refractivity contribution in [3.63, 3.8) is 0 Å². The van der Waals surface area contributed by atoms with Crippen LogP contribution in [0.2, 0.25) is 0 Å². The molecule has 0 aliphatic carbocycles. The Kier molecular flexibility index (Phi) is 2.58. The fraction of sp³-hybridized carbons (Fsp3) is 0.625. The van der Waals surface area contributed by atoms with Crippen molar-refractivity contribution in [1.29, 1.82) is 0 Å². The van der Waals surface area contributed by atoms with Crippen molar-refractivity contribution in [1.82, 2.24) is 9.78 Å². The molecule has 12 heavy (non-hydrogen) atoms. The molecule has 0 aromatic carbocycles. The summed E-state index contributed by atoms with van der Waals surface area (Å²) in [5.41, 5.74) is 6.61. The van der Waals surface area contributed by atoms with Gasteiger partial charge >= 0.3 is 0 Å². The van der Waals surface area contributed by atoms with E-state index in [1.807, 2.05) is 13.2 Å². The van der Waals surface area contributed by atoms with E-state index in [9.17, 15) is 0 Å². The molecule has 0 unspecified atom stereocenters. The lowest BCUT2D eigenvalue weighted by Crippen LogP contribution is -2.29. The van der Waals surface area contributed by atoms with Gasteiger partial charge in [-0.1, -0.05) is 13.8 Å². The molecule has 0 saturated carbocycles. The maximum atomic E-state index is 5.65. The number of aryl methyl sites for hydroxylation is 1. The maximum absolute atomic E-state index is 5.65. The van der Waals surface area contributed by atoms with Crippen LogP contribution >= 0.6 is 15.9 Å². The molecule has 0 bridgehead atoms. The Hall–Kier alpha value is -0.350. The van der Waals surface area contributed by atoms with E-state index in [0.717, 1.165) is 10.2 Å². The van der Waals surface area contributed by atoms with Crippen LogP contribution in [0.25, 0.3) is 0 Å². The first-order chi connectivity index (χ1) is 5.47. The zero-order chi connectivity index (χ0) is 9.35. The lowest BCUT2D eigenvalue weighted by atomic mass is 9.90. The predicted octanol–water partition coefficient (Wildman–Crippen LogP) is 1.42. The van der Waals surface area contributed by atoms with E-state index in [-0.39, 0.29) is 5.41 Å². The fourth-order valence-electron chi connectivity index (χ4n) is 1.01. The van der Waals surface area contributed by atoms with E-state index in [1.54, 1.807) is 4.68 Å². The topological polar surface area (TPSA) is 43.8 Å². The average Bonchev–Trinajstić information content (AvgIpc) is 2.31. The number of nitrogens with two attached hydrogens (primary N) is 1. The molecule has 0 saturated heterocycles. The van der Waals surface area contributed by atoms with E-state index in [2.05, 4.69) is 34.9 Å². The van der Waals surface area contributed by atoms with Gasteiger partial charge in [0.1, 0.15) is 0 Å². The van der Waals surface area contributed by atoms with Crippen molar-refractivity contribution >= 4 is 15.9 Å². The van der Waals surface area contributed by atoms with Gasteiger partial charge in [0.25, 0.3) is 0 Å². The normalized spacial score (nSPS) is 12.1. The van der Waals surface area contributed by atoms with Crippen LogP contribution in [0.3, 0.4) is 0 Å². The van der Waals surface area contributed by atoms with E-state index >= 15 is 0 Å². The lowest BCUT2D eigenvalue weighted by Gasteiger charge is -2.19. The molecule has 0 atom stereocenters. The van der Waals surface area contributed by atoms with Crippen LogP contribution in [0.4, 0.5) is 0 Å². The van der Waals surface area contributed by atoms with Crippen molar-refractivity contribution in [2.75, 3.05) is 6.54 Å². The van der Waals surface area contributed by atoms with Crippen molar-refractivity contribution in [3.05, 3.63) is 16.4 Å². The minimum Gasteiger partial charge on any atom is -0.330 e. The summed E-state index contributed by atoms with van der Waals surface area (Å²) in [5, 5.41) is 4.34. The summed E-state index contributed by atoms with van der Waals surface area (Å²) in [6, 6.07) is 0. The molecule has 0 aliphatic heterocycles. The largest absolute Gasteiger partial charge is 0.330 e. The first kappa shape index (κ1) is 9.74. The van der Waals surface area contributed by atoms with Crippen LogP contribution < -0.4 is 5.73 Å². The molecular weight excluding hydrogens is 218 g/mol. The number of hydrogen-bond donors (Lipinski definition) is 1. The zero-order valence-electron chi connectivity index (χ0n) is 7.63. The van der Waals surface area contributed by atoms with Crippen LogP contribution in [0.1, 0.15) is 19.5 Å². The standard InChI is InChI=1S/C8H14BrN3/c1-8(2,5-10)7-6(9)4-12(3)11-7/h4H,5,10H2,1-3H3. The fourth-order valence-corrected chi connectivity index (χ4v) is 1.93. The molecule has 1 rings (SSSR count). The molecule has 4 heteroatoms. The number of nitrogens with zero attached hydrogens (tertiary/aromatic N) is 2. The Morgan fingerprint density at radius 1 is 1.67 bits per heavy atom. The highest BCUT2D eigenvalue weighted by molar-refractivity contribution is 9.10. The first-order valence-electron chi connectivity index (χ1n) is 3.87. The van der Waals surface area contributed by atoms with E-state index in [0.29, 0.717) is 6.54 Å². The van der Waals surface area contributed by atoms with E-state index in [1.165, 1.54) is 0 Å². The van der Waals surface area contributed by atoms with Crippen molar-refractivity contribution < 1.29 is 0 Å². The highest BCUT2D eigenvalue weighted by atomic mass is 79.9. The third-order valence-corrected chi connectivity index (χ3v) is 2.52. The molecule has 68 valence electrons. The summed E-state index contributed by atoms with van der Waals surface area (Å²) >= 11 is 3.45. The zero-order valence-corrected chi connectivity index (χ0v) is 9.22. The molecule has 0 amide bonds. The second kappa shape index (κ2) is 3.18. The molecule has 3 nitrogen and oxygen atoms in total. The molecule has 1 aromatic heterocycles. The monoisotopic (exact) mass is 231 g/mol. The quantitative estimate of drug-likeness (QED) is 0.837. The molecule has 0 fully saturated rings. The Bertz CT molecular complexity index is 278. The van der Waals surface area contributed by atoms with Gasteiger partial charge in [0.05, 0.1) is 10.2 Å². The van der Waals surface area contributed by atoms with Gasteiger partial charge in [-0.3, -0.25) is 4.68 Å². The number of rotatable bonds is 2. The second-order valence-electron chi connectivity index (χ2n) is 3.59. The third-order valence-electron chi connectivity index (χ3n) is 1.94. The Labute approximate surface area is 81.1 Å². The Morgan fingerprint density at radius 3 is 2.58 bits per heavy atom. The van der Waals surface area contributed by atoms with Gasteiger partial charge < -0.3 is 5.73 Å². The number of halogens is 1. The third kappa shape index (κ3) is 1.69. The van der Waals surface area contributed by atoms with E-state index < -0.39 is 0 Å². The molecule has 0 spiro atoms. The van der Waals surface area contributed by atoms with Crippen LogP contribution in [-0.2, 0) is 12.5 Å². The number of hydrogen-bond acceptors (Lipinski definition) is 2. The van der Waals surface area contributed by atoms with Crippen LogP contribution in [-0.4, -0.2) is 16.3 Å². The molecular formula is C8H14BrN3. The number of aromatic nitrogens is 2. The highest BCUT2D eigenvalue weighted by Gasteiger charge is 2.24. The molecule has 0 radical (unpaired) electrons. The summed E-state index contributed by atoms with van der Waals surface area (Å²) < 4.78 is 2.82. The average molecular weight is 232 g/mol. The minimum atomic E-state index is -0.0555. The highest BCUT2D eigenvalue weighted by Crippen LogP contribution is 2.27. The van der Waals surface area contributed by atoms with Crippen molar-refractivity contribution in [2.24, 2.45) is 12.8 Å². The molecule has 0 aliphatic rings. The van der Waals surface area contributed by atoms with E-state index in [4.69, 9.17) is 5.73 Å². The van der Waals surface area contributed by atoms with Gasteiger partial charge in [0.15, 0.2) is 0 Å². The smallest absolute Gasteiger partial charge is 0.0835 e. The molecule has 1 aromatic rings. The second-order valence-corrected chi connectivity index (χ2v) is 4.44. The predicted molar refractivity (Wildman–Crippen MR) is 53.0 cm³/mol. The van der Waals surface area contributed by atoms with Gasteiger partial charge in [-0.2, -0.15) is 5.10 Å². The van der Waals surface area contributed by atoms with Gasteiger partial charge in [-0.15, -0.1) is 0 Å². The first-order valence-corrected chi connectivity index (χ1v) is 4.66. The lowest BCUT2D eigenvalue weighted by molar-refractivity contribution is 0.509. The summed E-state index contributed by atoms with van der Waals surface area (Å²) in [6.45, 7) is 4.77. The summed E-state index contributed by atoms with van der Waals surface area (Å²) in [7, 11) is 1.90. The van der Waals surface area contributed by atoms with Gasteiger partial charge in [0.2, 0.25) is 0 Å². The summed E-state index contributed by atoms with van der Waals surface area (Å²) in [4.78, 5) is 0. The van der Waals surface area contributed by atoms with Crippen molar-refractivity contribution in [3.8, 4) is 0 Å². The summed E-state index contributed by atoms with van der Waals surface area (Å²) in [5.74, 6) is 0. The molecule has 1 heterocycles. The minimum absolute atomic E-state index is 0.0555. The van der Waals surface area contributed by atoms with Crippen LogP contribution in [0, 0.1) is 0 Å². The maximum Gasteiger partial charge on any atom is 0.0835 e.